The van der Waals surface area contributed by atoms with Crippen molar-refractivity contribution >= 4 is 0 Å². The Kier molecular flexibility index (Phi) is 12.7. The van der Waals surface area contributed by atoms with E-state index in [1.807, 2.05) is 0 Å². The molecule has 0 spiro atoms. The quantitative estimate of drug-likeness (QED) is 0.705. The third-order valence-corrected chi connectivity index (χ3v) is 4.98. The first kappa shape index (κ1) is 21.8. The van der Waals surface area contributed by atoms with Gasteiger partial charge in [-0.2, -0.15) is 0 Å². The van der Waals surface area contributed by atoms with Crippen LogP contribution in [0.2, 0.25) is 0 Å². The summed E-state index contributed by atoms with van der Waals surface area (Å²) in [5.74, 6) is 0. The number of likely N-dealkylation sites (N-methyl/N-ethyl adjacent to an activating group) is 2. The Balaban J connectivity index is 2.49. The number of hydrogen-bond donors (Lipinski definition) is 2. The molecule has 0 bridgehead atoms. The van der Waals surface area contributed by atoms with Gasteiger partial charge in [-0.3, -0.25) is 0 Å². The topological polar surface area (TPSA) is 65.0 Å². The summed E-state index contributed by atoms with van der Waals surface area (Å²) in [7, 11) is 4.51. The van der Waals surface area contributed by atoms with Crippen LogP contribution in [-0.4, -0.2) is 112 Å². The average molecular weight is 343 g/mol. The van der Waals surface area contributed by atoms with Gasteiger partial charge in [0.15, 0.2) is 0 Å². The van der Waals surface area contributed by atoms with E-state index < -0.39 is 0 Å². The Labute approximate surface area is 150 Å². The van der Waals surface area contributed by atoms with Gasteiger partial charge >= 0.3 is 0 Å². The number of rotatable bonds is 6. The third kappa shape index (κ3) is 10.6. The van der Waals surface area contributed by atoms with Crippen LogP contribution in [-0.2, 0) is 0 Å². The van der Waals surface area contributed by atoms with Crippen molar-refractivity contribution in [3.8, 4) is 0 Å². The zero-order chi connectivity index (χ0) is 17.6. The Morgan fingerprint density at radius 2 is 1.00 bits per heavy atom. The Hall–Kier alpha value is -0.240. The largest absolute Gasteiger partial charge is 0.330 e. The van der Waals surface area contributed by atoms with Gasteiger partial charge in [0, 0.05) is 26.2 Å². The summed E-state index contributed by atoms with van der Waals surface area (Å²) in [5, 5.41) is 0. The van der Waals surface area contributed by atoms with Crippen molar-refractivity contribution < 1.29 is 0 Å². The monoisotopic (exact) mass is 342 g/mol. The lowest BCUT2D eigenvalue weighted by atomic mass is 10.2. The van der Waals surface area contributed by atoms with Crippen molar-refractivity contribution in [2.45, 2.75) is 25.7 Å². The van der Waals surface area contributed by atoms with Gasteiger partial charge in [-0.05, 0) is 92.1 Å². The first-order chi connectivity index (χ1) is 11.7. The minimum Gasteiger partial charge on any atom is -0.330 e. The zero-order valence-corrected chi connectivity index (χ0v) is 16.3. The lowest BCUT2D eigenvalue weighted by Gasteiger charge is -2.29. The van der Waals surface area contributed by atoms with Crippen LogP contribution in [0.5, 0.6) is 0 Å². The molecule has 1 aliphatic heterocycles. The Bertz CT molecular complexity index is 261. The van der Waals surface area contributed by atoms with Crippen LogP contribution >= 0.6 is 0 Å². The lowest BCUT2D eigenvalue weighted by molar-refractivity contribution is 0.178. The fraction of sp³-hybridized carbons (Fsp3) is 1.00. The average Bonchev–Trinajstić information content (AvgIpc) is 2.58. The van der Waals surface area contributed by atoms with Crippen LogP contribution in [0, 0.1) is 0 Å². The molecule has 6 heteroatoms. The standard InChI is InChI=1S/C18H42N6/c1-21-9-5-13-24(12-4-8-20)18-16-22(2)10-6-14-23(17-15-21)11-3-7-19/h3-20H2,1-2H3. The molecule has 0 unspecified atom stereocenters. The van der Waals surface area contributed by atoms with Crippen molar-refractivity contribution in [3.63, 3.8) is 0 Å². The predicted molar refractivity (Wildman–Crippen MR) is 104 cm³/mol. The summed E-state index contributed by atoms with van der Waals surface area (Å²) in [6.45, 7) is 13.3. The van der Waals surface area contributed by atoms with Crippen molar-refractivity contribution in [2.24, 2.45) is 11.5 Å². The maximum Gasteiger partial charge on any atom is 0.0109 e. The van der Waals surface area contributed by atoms with Gasteiger partial charge in [0.2, 0.25) is 0 Å². The van der Waals surface area contributed by atoms with E-state index in [-0.39, 0.29) is 0 Å². The number of hydrogen-bond acceptors (Lipinski definition) is 6. The molecule has 1 fully saturated rings. The molecule has 4 N–H and O–H groups in total. The van der Waals surface area contributed by atoms with Gasteiger partial charge in [-0.25, -0.2) is 0 Å². The molecule has 0 aromatic rings. The molecule has 6 nitrogen and oxygen atoms in total. The highest BCUT2D eigenvalue weighted by atomic mass is 15.2. The van der Waals surface area contributed by atoms with E-state index in [0.717, 1.165) is 65.2 Å². The fourth-order valence-electron chi connectivity index (χ4n) is 3.28. The first-order valence-corrected chi connectivity index (χ1v) is 9.87. The molecule has 1 heterocycles. The highest BCUT2D eigenvalue weighted by Crippen LogP contribution is 2.01. The molecule has 0 amide bonds. The van der Waals surface area contributed by atoms with E-state index in [1.54, 1.807) is 0 Å². The van der Waals surface area contributed by atoms with E-state index in [9.17, 15) is 0 Å². The molecular formula is C18H42N6. The molecule has 0 radical (unpaired) electrons. The number of nitrogens with zero attached hydrogens (tertiary/aromatic N) is 4. The second kappa shape index (κ2) is 14.0. The van der Waals surface area contributed by atoms with Crippen LogP contribution < -0.4 is 11.5 Å². The van der Waals surface area contributed by atoms with E-state index in [0.29, 0.717) is 0 Å². The molecule has 1 saturated heterocycles. The predicted octanol–water partition coefficient (Wildman–Crippen LogP) is -0.0546. The second-order valence-electron chi connectivity index (χ2n) is 7.28. The van der Waals surface area contributed by atoms with Crippen molar-refractivity contribution in [1.82, 2.24) is 19.6 Å². The molecule has 24 heavy (non-hydrogen) atoms. The van der Waals surface area contributed by atoms with Crippen LogP contribution in [0.3, 0.4) is 0 Å². The maximum atomic E-state index is 5.69. The lowest BCUT2D eigenvalue weighted by Crippen LogP contribution is -2.40. The molecule has 0 atom stereocenters. The van der Waals surface area contributed by atoms with Gasteiger partial charge in [0.1, 0.15) is 0 Å². The summed E-state index contributed by atoms with van der Waals surface area (Å²) >= 11 is 0. The summed E-state index contributed by atoms with van der Waals surface area (Å²) in [5.41, 5.74) is 11.4. The number of nitrogens with two attached hydrogens (primary N) is 2. The normalized spacial score (nSPS) is 22.5. The molecule has 144 valence electrons. The molecule has 0 aromatic heterocycles. The second-order valence-corrected chi connectivity index (χ2v) is 7.28. The Morgan fingerprint density at radius 1 is 0.583 bits per heavy atom. The maximum absolute atomic E-state index is 5.69. The van der Waals surface area contributed by atoms with Gasteiger partial charge < -0.3 is 31.1 Å². The van der Waals surface area contributed by atoms with Crippen LogP contribution in [0.1, 0.15) is 25.7 Å². The summed E-state index contributed by atoms with van der Waals surface area (Å²) in [6, 6.07) is 0. The minimum atomic E-state index is 0.797. The van der Waals surface area contributed by atoms with Gasteiger partial charge in [-0.15, -0.1) is 0 Å². The summed E-state index contributed by atoms with van der Waals surface area (Å²) < 4.78 is 0. The molecular weight excluding hydrogens is 300 g/mol. The summed E-state index contributed by atoms with van der Waals surface area (Å²) in [4.78, 5) is 10.1. The van der Waals surface area contributed by atoms with E-state index in [4.69, 9.17) is 11.5 Å². The van der Waals surface area contributed by atoms with Crippen LogP contribution in [0.15, 0.2) is 0 Å². The molecule has 1 aliphatic rings. The smallest absolute Gasteiger partial charge is 0.0109 e. The third-order valence-electron chi connectivity index (χ3n) is 4.98. The van der Waals surface area contributed by atoms with E-state index in [2.05, 4.69) is 33.7 Å². The highest BCUT2D eigenvalue weighted by Gasteiger charge is 2.11. The van der Waals surface area contributed by atoms with Gasteiger partial charge in [0.05, 0.1) is 0 Å². The van der Waals surface area contributed by atoms with Crippen molar-refractivity contribution in [3.05, 3.63) is 0 Å². The van der Waals surface area contributed by atoms with Crippen molar-refractivity contribution in [1.29, 1.82) is 0 Å². The zero-order valence-electron chi connectivity index (χ0n) is 16.3. The molecule has 0 saturated carbocycles. The van der Waals surface area contributed by atoms with Gasteiger partial charge in [0.25, 0.3) is 0 Å². The Morgan fingerprint density at radius 3 is 1.38 bits per heavy atom. The molecule has 1 rings (SSSR count). The minimum absolute atomic E-state index is 0.797. The fourth-order valence-corrected chi connectivity index (χ4v) is 3.28. The first-order valence-electron chi connectivity index (χ1n) is 9.87. The van der Waals surface area contributed by atoms with Gasteiger partial charge in [-0.1, -0.05) is 0 Å². The van der Waals surface area contributed by atoms with E-state index >= 15 is 0 Å². The van der Waals surface area contributed by atoms with Crippen LogP contribution in [0.25, 0.3) is 0 Å². The van der Waals surface area contributed by atoms with E-state index in [1.165, 1.54) is 39.0 Å². The molecule has 0 aliphatic carbocycles. The van der Waals surface area contributed by atoms with Crippen molar-refractivity contribution in [2.75, 3.05) is 92.6 Å². The molecule has 0 aromatic carbocycles. The summed E-state index contributed by atoms with van der Waals surface area (Å²) in [6.07, 6.45) is 4.70. The highest BCUT2D eigenvalue weighted by molar-refractivity contribution is 4.67. The van der Waals surface area contributed by atoms with Crippen LogP contribution in [0.4, 0.5) is 0 Å². The SMILES string of the molecule is CN1CCCN(CCCN)CCN(C)CCCN(CCCN)CC1.